The van der Waals surface area contributed by atoms with E-state index in [2.05, 4.69) is 25.1 Å². The van der Waals surface area contributed by atoms with Gasteiger partial charge >= 0.3 is 0 Å². The van der Waals surface area contributed by atoms with Crippen LogP contribution in [-0.2, 0) is 12.8 Å². The molecule has 2 aromatic rings. The average Bonchev–Trinajstić information content (AvgIpc) is 2.48. The lowest BCUT2D eigenvalue weighted by molar-refractivity contribution is 0.103. The minimum Gasteiger partial charge on any atom is -0.289 e. The van der Waals surface area contributed by atoms with E-state index >= 15 is 0 Å². The number of fused-ring (bicyclic) bond motifs is 2. The van der Waals surface area contributed by atoms with E-state index in [-0.39, 0.29) is 5.78 Å². The zero-order chi connectivity index (χ0) is 13.9. The summed E-state index contributed by atoms with van der Waals surface area (Å²) in [6.07, 6.45) is 5.77. The van der Waals surface area contributed by atoms with Crippen LogP contribution in [0.15, 0.2) is 42.5 Å². The topological polar surface area (TPSA) is 17.1 Å². The molecule has 0 saturated carbocycles. The first kappa shape index (κ1) is 13.1. The normalized spacial score (nSPS) is 12.9. The van der Waals surface area contributed by atoms with Crippen LogP contribution in [0.25, 0.3) is 0 Å². The van der Waals surface area contributed by atoms with Gasteiger partial charge in [-0.25, -0.2) is 0 Å². The summed E-state index contributed by atoms with van der Waals surface area (Å²) in [6.45, 7) is 2.22. The monoisotopic (exact) mass is 264 g/mol. The Morgan fingerprint density at radius 2 is 1.75 bits per heavy atom. The molecule has 0 aromatic heterocycles. The Bertz CT molecular complexity index is 640. The summed E-state index contributed by atoms with van der Waals surface area (Å²) in [5, 5.41) is 0. The van der Waals surface area contributed by atoms with Gasteiger partial charge in [0.1, 0.15) is 0 Å². The third kappa shape index (κ3) is 2.40. The maximum Gasteiger partial charge on any atom is 0.193 e. The second-order valence-electron chi connectivity index (χ2n) is 5.61. The average molecular weight is 264 g/mol. The summed E-state index contributed by atoms with van der Waals surface area (Å²) in [6, 6.07) is 14.4. The highest BCUT2D eigenvalue weighted by atomic mass is 16.1. The number of hydrogen-bond acceptors (Lipinski definition) is 1. The maximum absolute atomic E-state index is 12.5. The third-order valence-electron chi connectivity index (χ3n) is 4.13. The van der Waals surface area contributed by atoms with Crippen molar-refractivity contribution in [3.05, 3.63) is 70.3 Å². The van der Waals surface area contributed by atoms with Gasteiger partial charge in [0.15, 0.2) is 5.78 Å². The Kier molecular flexibility index (Phi) is 3.68. The Hall–Kier alpha value is -1.89. The molecule has 3 rings (SSSR count). The molecule has 0 fully saturated rings. The quantitative estimate of drug-likeness (QED) is 0.632. The van der Waals surface area contributed by atoms with Crippen molar-refractivity contribution in [2.75, 3.05) is 0 Å². The predicted octanol–water partition coefficient (Wildman–Crippen LogP) is 4.55. The van der Waals surface area contributed by atoms with Crippen molar-refractivity contribution in [3.8, 4) is 0 Å². The van der Waals surface area contributed by atoms with Crippen molar-refractivity contribution in [2.45, 2.75) is 39.0 Å². The van der Waals surface area contributed by atoms with Gasteiger partial charge in [-0.2, -0.15) is 0 Å². The molecule has 0 bridgehead atoms. The first-order valence-corrected chi connectivity index (χ1v) is 7.54. The summed E-state index contributed by atoms with van der Waals surface area (Å²) in [4.78, 5) is 12.5. The van der Waals surface area contributed by atoms with Crippen molar-refractivity contribution in [3.63, 3.8) is 0 Å². The summed E-state index contributed by atoms with van der Waals surface area (Å²) >= 11 is 0. The van der Waals surface area contributed by atoms with Gasteiger partial charge in [-0.15, -0.1) is 0 Å². The highest BCUT2D eigenvalue weighted by molar-refractivity contribution is 6.12. The standard InChI is InChI=1S/C19H20O/c1-2-3-4-7-14-10-11-18-16(12-14)13-15-8-5-6-9-17(15)19(18)20/h5-6,8-12H,2-4,7,13H2,1H3. The molecule has 1 nitrogen and oxygen atoms in total. The minimum absolute atomic E-state index is 0.182. The van der Waals surface area contributed by atoms with Crippen LogP contribution in [0.3, 0.4) is 0 Å². The molecule has 1 heteroatoms. The number of aryl methyl sites for hydroxylation is 1. The van der Waals surface area contributed by atoms with E-state index in [0.29, 0.717) is 0 Å². The molecular weight excluding hydrogens is 244 g/mol. The van der Waals surface area contributed by atoms with Gasteiger partial charge in [0.25, 0.3) is 0 Å². The fourth-order valence-corrected chi connectivity index (χ4v) is 3.00. The molecule has 0 N–H and O–H groups in total. The summed E-state index contributed by atoms with van der Waals surface area (Å²) in [5.74, 6) is 0.182. The Morgan fingerprint density at radius 1 is 0.950 bits per heavy atom. The second-order valence-corrected chi connectivity index (χ2v) is 5.61. The second kappa shape index (κ2) is 5.62. The molecule has 0 aliphatic heterocycles. The van der Waals surface area contributed by atoms with Gasteiger partial charge in [0.2, 0.25) is 0 Å². The molecule has 1 aliphatic rings. The van der Waals surface area contributed by atoms with E-state index in [1.807, 2.05) is 24.3 Å². The van der Waals surface area contributed by atoms with Crippen LogP contribution < -0.4 is 0 Å². The van der Waals surface area contributed by atoms with E-state index in [4.69, 9.17) is 0 Å². The summed E-state index contributed by atoms with van der Waals surface area (Å²) in [7, 11) is 0. The predicted molar refractivity (Wildman–Crippen MR) is 82.4 cm³/mol. The first-order valence-electron chi connectivity index (χ1n) is 7.54. The van der Waals surface area contributed by atoms with E-state index in [0.717, 1.165) is 29.5 Å². The molecule has 0 amide bonds. The van der Waals surface area contributed by atoms with Gasteiger partial charge in [0, 0.05) is 11.1 Å². The molecule has 0 atom stereocenters. The zero-order valence-electron chi connectivity index (χ0n) is 12.0. The van der Waals surface area contributed by atoms with Crippen LogP contribution in [0.5, 0.6) is 0 Å². The van der Waals surface area contributed by atoms with E-state index in [1.165, 1.54) is 30.4 Å². The van der Waals surface area contributed by atoms with Crippen molar-refractivity contribution in [2.24, 2.45) is 0 Å². The summed E-state index contributed by atoms with van der Waals surface area (Å²) < 4.78 is 0. The largest absolute Gasteiger partial charge is 0.289 e. The van der Waals surface area contributed by atoms with Crippen LogP contribution in [0.2, 0.25) is 0 Å². The van der Waals surface area contributed by atoms with Crippen LogP contribution in [0.1, 0.15) is 58.8 Å². The smallest absolute Gasteiger partial charge is 0.193 e. The molecule has 0 unspecified atom stereocenters. The molecule has 0 saturated heterocycles. The van der Waals surface area contributed by atoms with Gasteiger partial charge < -0.3 is 0 Å². The summed E-state index contributed by atoms with van der Waals surface area (Å²) in [5.41, 5.74) is 5.49. The Balaban J connectivity index is 1.89. The fourth-order valence-electron chi connectivity index (χ4n) is 3.00. The molecule has 1 aliphatic carbocycles. The number of hydrogen-bond donors (Lipinski definition) is 0. The highest BCUT2D eigenvalue weighted by Gasteiger charge is 2.22. The Morgan fingerprint density at radius 3 is 2.60 bits per heavy atom. The number of unbranched alkanes of at least 4 members (excludes halogenated alkanes) is 2. The van der Waals surface area contributed by atoms with Crippen LogP contribution in [0, 0.1) is 0 Å². The lowest BCUT2D eigenvalue weighted by Gasteiger charge is -2.19. The van der Waals surface area contributed by atoms with E-state index in [9.17, 15) is 4.79 Å². The van der Waals surface area contributed by atoms with Gasteiger partial charge in [-0.1, -0.05) is 62.2 Å². The fraction of sp³-hybridized carbons (Fsp3) is 0.316. The molecule has 0 spiro atoms. The molecular formula is C19H20O. The molecule has 0 radical (unpaired) electrons. The van der Waals surface area contributed by atoms with Crippen LogP contribution in [0.4, 0.5) is 0 Å². The third-order valence-corrected chi connectivity index (χ3v) is 4.13. The highest BCUT2D eigenvalue weighted by Crippen LogP contribution is 2.28. The van der Waals surface area contributed by atoms with Crippen molar-refractivity contribution < 1.29 is 4.79 Å². The van der Waals surface area contributed by atoms with Crippen molar-refractivity contribution >= 4 is 5.78 Å². The number of carbonyl (C=O) groups is 1. The molecule has 102 valence electrons. The van der Waals surface area contributed by atoms with Crippen LogP contribution >= 0.6 is 0 Å². The molecule has 0 heterocycles. The number of carbonyl (C=O) groups excluding carboxylic acids is 1. The van der Waals surface area contributed by atoms with Crippen molar-refractivity contribution in [1.82, 2.24) is 0 Å². The number of benzene rings is 2. The van der Waals surface area contributed by atoms with E-state index < -0.39 is 0 Å². The van der Waals surface area contributed by atoms with Gasteiger partial charge in [-0.3, -0.25) is 4.79 Å². The Labute approximate surface area is 120 Å². The molecule has 20 heavy (non-hydrogen) atoms. The maximum atomic E-state index is 12.5. The number of ketones is 1. The van der Waals surface area contributed by atoms with Gasteiger partial charge in [-0.05, 0) is 36.0 Å². The lowest BCUT2D eigenvalue weighted by atomic mass is 9.84. The lowest BCUT2D eigenvalue weighted by Crippen LogP contribution is -2.15. The van der Waals surface area contributed by atoms with E-state index in [1.54, 1.807) is 0 Å². The van der Waals surface area contributed by atoms with Crippen LogP contribution in [-0.4, -0.2) is 5.78 Å². The first-order chi connectivity index (χ1) is 9.79. The van der Waals surface area contributed by atoms with Crippen molar-refractivity contribution in [1.29, 1.82) is 0 Å². The molecule has 2 aromatic carbocycles. The van der Waals surface area contributed by atoms with Gasteiger partial charge in [0.05, 0.1) is 0 Å². The SMILES string of the molecule is CCCCCc1ccc2c(c1)Cc1ccccc1C2=O. The number of rotatable bonds is 4. The zero-order valence-corrected chi connectivity index (χ0v) is 12.0. The minimum atomic E-state index is 0.182.